The van der Waals surface area contributed by atoms with Crippen molar-refractivity contribution >= 4 is 17.3 Å². The highest BCUT2D eigenvalue weighted by atomic mass is 32.1. The largest absolute Gasteiger partial charge is 0.481 e. The number of piperidine rings is 1. The normalized spacial score (nSPS) is 27.6. The summed E-state index contributed by atoms with van der Waals surface area (Å²) in [6, 6.07) is 0.604. The number of thiazole rings is 1. The van der Waals surface area contributed by atoms with Crippen molar-refractivity contribution in [1.82, 2.24) is 9.88 Å². The predicted octanol–water partition coefficient (Wildman–Crippen LogP) is 3.17. The second-order valence-corrected chi connectivity index (χ2v) is 6.80. The first-order chi connectivity index (χ1) is 9.51. The molecule has 0 aromatic carbocycles. The number of aliphatic carboxylic acids is 1. The summed E-state index contributed by atoms with van der Waals surface area (Å²) in [5.74, 6) is -0.843. The van der Waals surface area contributed by atoms with Crippen LogP contribution < -0.4 is 0 Å². The third kappa shape index (κ3) is 3.58. The molecule has 0 saturated carbocycles. The van der Waals surface area contributed by atoms with Gasteiger partial charge < -0.3 is 5.11 Å². The lowest BCUT2D eigenvalue weighted by Gasteiger charge is -2.41. The maximum absolute atomic E-state index is 11.2. The molecule has 1 aliphatic rings. The van der Waals surface area contributed by atoms with Crippen molar-refractivity contribution in [3.05, 3.63) is 16.1 Å². The maximum Gasteiger partial charge on any atom is 0.306 e. The van der Waals surface area contributed by atoms with Crippen LogP contribution in [0, 0.1) is 5.92 Å². The van der Waals surface area contributed by atoms with Crippen LogP contribution in [0.2, 0.25) is 0 Å². The van der Waals surface area contributed by atoms with Crippen LogP contribution in [-0.2, 0) is 17.8 Å². The van der Waals surface area contributed by atoms with Crippen molar-refractivity contribution in [1.29, 1.82) is 0 Å². The van der Waals surface area contributed by atoms with Crippen LogP contribution >= 0.6 is 11.3 Å². The third-order valence-electron chi connectivity index (χ3n) is 4.14. The second kappa shape index (κ2) is 6.68. The molecule has 5 heteroatoms. The van der Waals surface area contributed by atoms with Crippen molar-refractivity contribution in [2.45, 2.75) is 65.1 Å². The van der Waals surface area contributed by atoms with E-state index >= 15 is 0 Å². The highest BCUT2D eigenvalue weighted by Gasteiger charge is 2.34. The lowest BCUT2D eigenvalue weighted by atomic mass is 9.87. The lowest BCUT2D eigenvalue weighted by Crippen LogP contribution is -2.47. The first kappa shape index (κ1) is 15.4. The maximum atomic E-state index is 11.2. The average Bonchev–Trinajstić information content (AvgIpc) is 2.81. The van der Waals surface area contributed by atoms with Crippen molar-refractivity contribution in [3.63, 3.8) is 0 Å². The van der Waals surface area contributed by atoms with Gasteiger partial charge in [0.15, 0.2) is 0 Å². The van der Waals surface area contributed by atoms with Gasteiger partial charge in [-0.2, -0.15) is 0 Å². The van der Waals surface area contributed by atoms with E-state index in [1.54, 1.807) is 11.3 Å². The van der Waals surface area contributed by atoms with Gasteiger partial charge in [-0.25, -0.2) is 4.98 Å². The van der Waals surface area contributed by atoms with E-state index in [-0.39, 0.29) is 5.92 Å². The van der Waals surface area contributed by atoms with Crippen LogP contribution in [0.1, 0.15) is 50.7 Å². The molecule has 1 N–H and O–H groups in total. The van der Waals surface area contributed by atoms with E-state index < -0.39 is 5.97 Å². The molecule has 0 spiro atoms. The molecule has 0 bridgehead atoms. The zero-order chi connectivity index (χ0) is 14.7. The third-order valence-corrected chi connectivity index (χ3v) is 5.10. The average molecular weight is 296 g/mol. The first-order valence-corrected chi connectivity index (χ1v) is 8.31. The molecular weight excluding hydrogens is 272 g/mol. The molecule has 112 valence electrons. The van der Waals surface area contributed by atoms with Gasteiger partial charge in [0.1, 0.15) is 0 Å². The molecule has 4 nitrogen and oxygen atoms in total. The number of nitrogens with zero attached hydrogens (tertiary/aromatic N) is 2. The van der Waals surface area contributed by atoms with Gasteiger partial charge in [0.05, 0.1) is 16.6 Å². The number of likely N-dealkylation sites (tertiary alicyclic amines) is 1. The fourth-order valence-corrected chi connectivity index (χ4v) is 3.97. The Bertz CT molecular complexity index is 448. The van der Waals surface area contributed by atoms with E-state index in [4.69, 9.17) is 0 Å². The standard InChI is InChI=1S/C15H24N2O2S/c1-4-5-14-16-13(9-20-14)8-17-10(2)6-12(15(18)19)7-11(17)3/h9-12H,4-8H2,1-3H3,(H,18,19). The van der Waals surface area contributed by atoms with E-state index in [0.717, 1.165) is 37.9 Å². The number of hydrogen-bond donors (Lipinski definition) is 1. The van der Waals surface area contributed by atoms with E-state index in [1.165, 1.54) is 5.01 Å². The summed E-state index contributed by atoms with van der Waals surface area (Å²) in [6.07, 6.45) is 3.66. The van der Waals surface area contributed by atoms with Gasteiger partial charge in [0, 0.05) is 24.0 Å². The fraction of sp³-hybridized carbons (Fsp3) is 0.733. The Kier molecular flexibility index (Phi) is 5.16. The summed E-state index contributed by atoms with van der Waals surface area (Å²) in [4.78, 5) is 18.2. The molecule has 1 aliphatic heterocycles. The minimum atomic E-state index is -0.651. The minimum Gasteiger partial charge on any atom is -0.481 e. The van der Waals surface area contributed by atoms with Crippen LogP contribution in [0.5, 0.6) is 0 Å². The van der Waals surface area contributed by atoms with E-state index in [9.17, 15) is 9.90 Å². The van der Waals surface area contributed by atoms with E-state index in [0.29, 0.717) is 12.1 Å². The number of carbonyl (C=O) groups is 1. The van der Waals surface area contributed by atoms with E-state index in [2.05, 4.69) is 36.0 Å². The van der Waals surface area contributed by atoms with Gasteiger partial charge in [0.25, 0.3) is 0 Å². The molecule has 1 aromatic heterocycles. The summed E-state index contributed by atoms with van der Waals surface area (Å²) in [5, 5.41) is 12.5. The second-order valence-electron chi connectivity index (χ2n) is 5.86. The molecule has 0 aliphatic carbocycles. The summed E-state index contributed by atoms with van der Waals surface area (Å²) in [7, 11) is 0. The Hall–Kier alpha value is -0.940. The number of carboxylic acid groups (broad SMARTS) is 1. The van der Waals surface area contributed by atoms with Gasteiger partial charge in [0.2, 0.25) is 0 Å². The number of carboxylic acids is 1. The molecule has 0 radical (unpaired) electrons. The number of aryl methyl sites for hydroxylation is 1. The van der Waals surface area contributed by atoms with Gasteiger partial charge in [-0.3, -0.25) is 9.69 Å². The molecule has 2 atom stereocenters. The number of aromatic nitrogens is 1. The summed E-state index contributed by atoms with van der Waals surface area (Å²) in [6.45, 7) is 7.27. The number of hydrogen-bond acceptors (Lipinski definition) is 4. The zero-order valence-corrected chi connectivity index (χ0v) is 13.3. The minimum absolute atomic E-state index is 0.192. The van der Waals surface area contributed by atoms with Crippen LogP contribution in [0.15, 0.2) is 5.38 Å². The Labute approximate surface area is 124 Å². The molecule has 0 amide bonds. The molecule has 20 heavy (non-hydrogen) atoms. The number of rotatable bonds is 5. The van der Waals surface area contributed by atoms with Crippen molar-refractivity contribution in [3.8, 4) is 0 Å². The molecule has 1 aromatic rings. The highest BCUT2D eigenvalue weighted by Crippen LogP contribution is 2.29. The predicted molar refractivity (Wildman–Crippen MR) is 80.9 cm³/mol. The lowest BCUT2D eigenvalue weighted by molar-refractivity contribution is -0.145. The van der Waals surface area contributed by atoms with Gasteiger partial charge >= 0.3 is 5.97 Å². The van der Waals surface area contributed by atoms with Crippen LogP contribution in [0.25, 0.3) is 0 Å². The Morgan fingerprint density at radius 3 is 2.65 bits per heavy atom. The monoisotopic (exact) mass is 296 g/mol. The Morgan fingerprint density at radius 1 is 1.45 bits per heavy atom. The Morgan fingerprint density at radius 2 is 2.10 bits per heavy atom. The van der Waals surface area contributed by atoms with Gasteiger partial charge in [-0.05, 0) is 39.5 Å². The highest BCUT2D eigenvalue weighted by molar-refractivity contribution is 7.09. The van der Waals surface area contributed by atoms with Gasteiger partial charge in [-0.15, -0.1) is 11.3 Å². The van der Waals surface area contributed by atoms with Crippen molar-refractivity contribution in [2.24, 2.45) is 5.92 Å². The quantitative estimate of drug-likeness (QED) is 0.907. The van der Waals surface area contributed by atoms with Gasteiger partial charge in [-0.1, -0.05) is 6.92 Å². The summed E-state index contributed by atoms with van der Waals surface area (Å²) in [5.41, 5.74) is 1.13. The SMILES string of the molecule is CCCc1nc(CN2C(C)CC(C(=O)O)CC2C)cs1. The van der Waals surface area contributed by atoms with Crippen molar-refractivity contribution < 1.29 is 9.90 Å². The molecule has 2 rings (SSSR count). The van der Waals surface area contributed by atoms with E-state index in [1.807, 2.05) is 0 Å². The summed E-state index contributed by atoms with van der Waals surface area (Å²) >= 11 is 1.74. The Balaban J connectivity index is 1.99. The first-order valence-electron chi connectivity index (χ1n) is 7.43. The fourth-order valence-electron chi connectivity index (χ4n) is 3.08. The molecule has 1 saturated heterocycles. The summed E-state index contributed by atoms with van der Waals surface area (Å²) < 4.78 is 0. The zero-order valence-electron chi connectivity index (χ0n) is 12.5. The van der Waals surface area contributed by atoms with Crippen LogP contribution in [0.4, 0.5) is 0 Å². The van der Waals surface area contributed by atoms with Crippen molar-refractivity contribution in [2.75, 3.05) is 0 Å². The smallest absolute Gasteiger partial charge is 0.306 e. The molecule has 2 heterocycles. The van der Waals surface area contributed by atoms with Crippen LogP contribution in [-0.4, -0.2) is 33.0 Å². The molecular formula is C15H24N2O2S. The van der Waals surface area contributed by atoms with Crippen LogP contribution in [0.3, 0.4) is 0 Å². The molecule has 2 unspecified atom stereocenters. The topological polar surface area (TPSA) is 53.4 Å². The molecule has 1 fully saturated rings.